The highest BCUT2D eigenvalue weighted by atomic mass is 32.2. The highest BCUT2D eigenvalue weighted by molar-refractivity contribution is 7.98. The van der Waals surface area contributed by atoms with E-state index in [0.717, 1.165) is 39.5 Å². The predicted octanol–water partition coefficient (Wildman–Crippen LogP) is 2.43. The summed E-state index contributed by atoms with van der Waals surface area (Å²) in [5.74, 6) is 0.474. The molecular weight excluding hydrogens is 460 g/mol. The van der Waals surface area contributed by atoms with E-state index in [1.54, 1.807) is 17.8 Å². The molecule has 1 aliphatic heterocycles. The SMILES string of the molecule is CSc1cnc(N[C@H]2CC[C@H](Nc3nc4ccc(C(=O)N5C[C@@H](O)[C@@H](O)C5)cc4s3)C2)nc1. The minimum Gasteiger partial charge on any atom is -0.388 e. The van der Waals surface area contributed by atoms with Crippen molar-refractivity contribution in [3.8, 4) is 0 Å². The number of benzene rings is 1. The molecule has 1 aliphatic carbocycles. The fraction of sp³-hybridized carbons (Fsp3) is 0.455. The fourth-order valence-electron chi connectivity index (χ4n) is 4.33. The number of hydrogen-bond donors (Lipinski definition) is 4. The van der Waals surface area contributed by atoms with Crippen LogP contribution in [0.15, 0.2) is 35.5 Å². The molecule has 0 bridgehead atoms. The van der Waals surface area contributed by atoms with Crippen molar-refractivity contribution in [3.63, 3.8) is 0 Å². The molecule has 2 fully saturated rings. The molecule has 1 saturated carbocycles. The van der Waals surface area contributed by atoms with E-state index in [9.17, 15) is 15.0 Å². The number of rotatable bonds is 6. The molecule has 33 heavy (non-hydrogen) atoms. The molecule has 3 aromatic rings. The van der Waals surface area contributed by atoms with E-state index in [1.807, 2.05) is 30.8 Å². The molecule has 0 unspecified atom stereocenters. The van der Waals surface area contributed by atoms with Crippen molar-refractivity contribution in [1.82, 2.24) is 19.9 Å². The van der Waals surface area contributed by atoms with Crippen LogP contribution < -0.4 is 10.6 Å². The first-order valence-corrected chi connectivity index (χ1v) is 13.0. The number of aliphatic hydroxyl groups excluding tert-OH is 2. The van der Waals surface area contributed by atoms with Gasteiger partial charge < -0.3 is 25.7 Å². The molecule has 1 amide bonds. The minimum atomic E-state index is -0.886. The monoisotopic (exact) mass is 486 g/mol. The van der Waals surface area contributed by atoms with Gasteiger partial charge in [-0.1, -0.05) is 11.3 Å². The van der Waals surface area contributed by atoms with Gasteiger partial charge in [0.15, 0.2) is 5.13 Å². The summed E-state index contributed by atoms with van der Waals surface area (Å²) in [5, 5.41) is 27.3. The van der Waals surface area contributed by atoms with Crippen LogP contribution in [0, 0.1) is 0 Å². The van der Waals surface area contributed by atoms with Crippen molar-refractivity contribution < 1.29 is 15.0 Å². The molecule has 5 rings (SSSR count). The van der Waals surface area contributed by atoms with Gasteiger partial charge >= 0.3 is 0 Å². The predicted molar refractivity (Wildman–Crippen MR) is 130 cm³/mol. The number of nitrogens with zero attached hydrogens (tertiary/aromatic N) is 4. The second kappa shape index (κ2) is 9.41. The van der Waals surface area contributed by atoms with Crippen LogP contribution in [0.2, 0.25) is 0 Å². The first-order chi connectivity index (χ1) is 16.0. The van der Waals surface area contributed by atoms with Crippen molar-refractivity contribution in [2.75, 3.05) is 30.0 Å². The Morgan fingerprint density at radius 2 is 1.82 bits per heavy atom. The Balaban J connectivity index is 1.20. The maximum atomic E-state index is 12.7. The maximum Gasteiger partial charge on any atom is 0.254 e. The molecule has 2 aromatic heterocycles. The number of likely N-dealkylation sites (tertiary alicyclic amines) is 1. The zero-order valence-corrected chi connectivity index (χ0v) is 19.8. The van der Waals surface area contributed by atoms with Gasteiger partial charge in [0.25, 0.3) is 5.91 Å². The van der Waals surface area contributed by atoms with Crippen molar-refractivity contribution in [1.29, 1.82) is 0 Å². The summed E-state index contributed by atoms with van der Waals surface area (Å²) in [7, 11) is 0. The lowest BCUT2D eigenvalue weighted by Crippen LogP contribution is -2.29. The summed E-state index contributed by atoms with van der Waals surface area (Å²) in [4.78, 5) is 28.7. The number of amides is 1. The van der Waals surface area contributed by atoms with Crippen LogP contribution in [0.1, 0.15) is 29.6 Å². The Morgan fingerprint density at radius 3 is 2.52 bits per heavy atom. The van der Waals surface area contributed by atoms with Gasteiger partial charge in [0, 0.05) is 48.0 Å². The summed E-state index contributed by atoms with van der Waals surface area (Å²) in [6, 6.07) is 6.06. The second-order valence-electron chi connectivity index (χ2n) is 8.49. The minimum absolute atomic E-state index is 0.150. The molecule has 174 valence electrons. The lowest BCUT2D eigenvalue weighted by atomic mass is 10.2. The van der Waals surface area contributed by atoms with Crippen LogP contribution >= 0.6 is 23.1 Å². The summed E-state index contributed by atoms with van der Waals surface area (Å²) in [6.45, 7) is 0.300. The highest BCUT2D eigenvalue weighted by Crippen LogP contribution is 2.31. The smallest absolute Gasteiger partial charge is 0.254 e. The van der Waals surface area contributed by atoms with E-state index in [0.29, 0.717) is 23.6 Å². The van der Waals surface area contributed by atoms with Gasteiger partial charge in [0.1, 0.15) is 0 Å². The van der Waals surface area contributed by atoms with Crippen molar-refractivity contribution in [2.24, 2.45) is 0 Å². The van der Waals surface area contributed by atoms with E-state index in [2.05, 4.69) is 25.6 Å². The fourth-order valence-corrected chi connectivity index (χ4v) is 5.63. The zero-order chi connectivity index (χ0) is 22.9. The molecule has 0 spiro atoms. The van der Waals surface area contributed by atoms with Crippen LogP contribution in [0.5, 0.6) is 0 Å². The van der Waals surface area contributed by atoms with Gasteiger partial charge in [-0.05, 0) is 43.7 Å². The van der Waals surface area contributed by atoms with E-state index < -0.39 is 12.2 Å². The molecule has 11 heteroatoms. The number of fused-ring (bicyclic) bond motifs is 1. The topological polar surface area (TPSA) is 124 Å². The molecule has 9 nitrogen and oxygen atoms in total. The highest BCUT2D eigenvalue weighted by Gasteiger charge is 2.33. The third kappa shape index (κ3) is 4.91. The summed E-state index contributed by atoms with van der Waals surface area (Å²) in [6.07, 6.45) is 6.90. The van der Waals surface area contributed by atoms with Gasteiger partial charge in [-0.3, -0.25) is 4.79 Å². The van der Waals surface area contributed by atoms with Gasteiger partial charge in [0.2, 0.25) is 5.95 Å². The van der Waals surface area contributed by atoms with Crippen LogP contribution in [-0.2, 0) is 0 Å². The number of thioether (sulfide) groups is 1. The molecular formula is C22H26N6O3S2. The van der Waals surface area contributed by atoms with E-state index >= 15 is 0 Å². The lowest BCUT2D eigenvalue weighted by molar-refractivity contribution is 0.0572. The molecule has 0 radical (unpaired) electrons. The Hall–Kier alpha value is -2.47. The largest absolute Gasteiger partial charge is 0.388 e. The van der Waals surface area contributed by atoms with E-state index in [4.69, 9.17) is 0 Å². The number of thiazole rings is 1. The Labute approximate surface area is 199 Å². The number of carbonyl (C=O) groups is 1. The van der Waals surface area contributed by atoms with Crippen LogP contribution in [0.4, 0.5) is 11.1 Å². The maximum absolute atomic E-state index is 12.7. The van der Waals surface area contributed by atoms with Crippen LogP contribution in [0.3, 0.4) is 0 Å². The second-order valence-corrected chi connectivity index (χ2v) is 10.4. The third-order valence-corrected chi connectivity index (χ3v) is 7.77. The van der Waals surface area contributed by atoms with E-state index in [-0.39, 0.29) is 19.0 Å². The quantitative estimate of drug-likeness (QED) is 0.389. The molecule has 2 aliphatic rings. The number of β-amino-alcohol motifs (C(OH)–C–C–N with tert-alkyl or cyclic N) is 2. The lowest BCUT2D eigenvalue weighted by Gasteiger charge is -2.15. The molecule has 1 saturated heterocycles. The van der Waals surface area contributed by atoms with Gasteiger partial charge in [-0.2, -0.15) is 0 Å². The Bertz CT molecular complexity index is 1130. The number of anilines is 2. The molecule has 3 heterocycles. The van der Waals surface area contributed by atoms with E-state index in [1.165, 1.54) is 16.2 Å². The molecule has 1 aromatic carbocycles. The first-order valence-electron chi connectivity index (χ1n) is 10.9. The summed E-state index contributed by atoms with van der Waals surface area (Å²) < 4.78 is 0.929. The van der Waals surface area contributed by atoms with Crippen molar-refractivity contribution in [3.05, 3.63) is 36.2 Å². The van der Waals surface area contributed by atoms with Crippen LogP contribution in [-0.4, -0.2) is 79.6 Å². The Morgan fingerprint density at radius 1 is 1.12 bits per heavy atom. The average Bonchev–Trinajstić information content (AvgIpc) is 3.52. The zero-order valence-electron chi connectivity index (χ0n) is 18.1. The summed E-state index contributed by atoms with van der Waals surface area (Å²) in [5.41, 5.74) is 1.38. The van der Waals surface area contributed by atoms with Gasteiger partial charge in [-0.25, -0.2) is 15.0 Å². The summed E-state index contributed by atoms with van der Waals surface area (Å²) >= 11 is 3.15. The number of nitrogens with one attached hydrogen (secondary N) is 2. The first kappa shape index (κ1) is 22.3. The Kier molecular flexibility index (Phi) is 6.37. The average molecular weight is 487 g/mol. The standard InChI is InChI=1S/C22H26N6O3S2/c1-32-15-8-23-21(24-9-15)25-13-3-4-14(7-13)26-22-27-16-5-2-12(6-19(16)33-22)20(31)28-10-17(29)18(30)11-28/h2,5-6,8-9,13-14,17-18,29-30H,3-4,7,10-11H2,1H3,(H,26,27)(H,23,24,25)/t13-,14-,17-,18+/m0/s1. The van der Waals surface area contributed by atoms with Gasteiger partial charge in [0.05, 0.1) is 22.4 Å². The third-order valence-electron chi connectivity index (χ3n) is 6.14. The van der Waals surface area contributed by atoms with Gasteiger partial charge in [-0.15, -0.1) is 11.8 Å². The number of aliphatic hydroxyl groups is 2. The number of hydrogen-bond acceptors (Lipinski definition) is 10. The van der Waals surface area contributed by atoms with Crippen molar-refractivity contribution >= 4 is 50.3 Å². The number of carbonyl (C=O) groups excluding carboxylic acids is 1. The normalized spacial score (nSPS) is 25.0. The van der Waals surface area contributed by atoms with Crippen LogP contribution in [0.25, 0.3) is 10.2 Å². The molecule has 4 N–H and O–H groups in total. The van der Waals surface area contributed by atoms with Crippen molar-refractivity contribution in [2.45, 2.75) is 48.4 Å². The molecule has 4 atom stereocenters. The number of aromatic nitrogens is 3.